The quantitative estimate of drug-likeness (QED) is 0.408. The topological polar surface area (TPSA) is 65.4 Å². The van der Waals surface area contributed by atoms with E-state index in [4.69, 9.17) is 14.5 Å². The van der Waals surface area contributed by atoms with Crippen molar-refractivity contribution in [1.82, 2.24) is 14.9 Å². The minimum atomic E-state index is -0.239. The number of amides is 1. The summed E-state index contributed by atoms with van der Waals surface area (Å²) in [5, 5.41) is 3.01. The zero-order valence-corrected chi connectivity index (χ0v) is 19.6. The van der Waals surface area contributed by atoms with Gasteiger partial charge in [0, 0.05) is 19.6 Å². The number of aromatic nitrogens is 2. The first-order valence-electron chi connectivity index (χ1n) is 12.3. The highest BCUT2D eigenvalue weighted by molar-refractivity contribution is 5.80. The number of fused-ring (bicyclic) bond motifs is 1. The maximum absolute atomic E-state index is 12.0. The molecule has 1 atom stereocenters. The molecule has 3 aromatic rings. The average molecular weight is 450 g/mol. The van der Waals surface area contributed by atoms with Gasteiger partial charge in [-0.2, -0.15) is 0 Å². The fourth-order valence-corrected chi connectivity index (χ4v) is 4.34. The second-order valence-corrected chi connectivity index (χ2v) is 8.62. The molecule has 2 aromatic carbocycles. The van der Waals surface area contributed by atoms with Crippen molar-refractivity contribution in [2.75, 3.05) is 19.8 Å². The van der Waals surface area contributed by atoms with E-state index in [-0.39, 0.29) is 12.0 Å². The Hall–Kier alpha value is -2.86. The molecule has 1 aliphatic rings. The lowest BCUT2D eigenvalue weighted by atomic mass is 10.1. The van der Waals surface area contributed by atoms with E-state index in [2.05, 4.69) is 47.1 Å². The Morgan fingerprint density at radius 2 is 2.00 bits per heavy atom. The number of unbranched alkanes of at least 4 members (excludes halogenated alkanes) is 2. The molecular formula is C27H35N3O3. The van der Waals surface area contributed by atoms with Crippen molar-refractivity contribution < 1.29 is 14.3 Å². The second kappa shape index (κ2) is 11.8. The van der Waals surface area contributed by atoms with E-state index in [1.165, 1.54) is 5.56 Å². The maximum atomic E-state index is 12.0. The van der Waals surface area contributed by atoms with Crippen LogP contribution in [0.25, 0.3) is 11.0 Å². The molecule has 1 saturated heterocycles. The minimum absolute atomic E-state index is 0.0404. The van der Waals surface area contributed by atoms with Crippen LogP contribution in [0.4, 0.5) is 0 Å². The van der Waals surface area contributed by atoms with Crippen LogP contribution in [0.2, 0.25) is 0 Å². The van der Waals surface area contributed by atoms with Gasteiger partial charge in [-0.05, 0) is 61.9 Å². The Morgan fingerprint density at radius 3 is 2.79 bits per heavy atom. The minimum Gasteiger partial charge on any atom is -0.492 e. The smallest absolute Gasteiger partial charge is 0.249 e. The summed E-state index contributed by atoms with van der Waals surface area (Å²) in [5.74, 6) is 2.05. The van der Waals surface area contributed by atoms with Gasteiger partial charge in [-0.25, -0.2) is 4.98 Å². The zero-order chi connectivity index (χ0) is 22.9. The van der Waals surface area contributed by atoms with Gasteiger partial charge in [0.25, 0.3) is 0 Å². The molecule has 1 fully saturated rings. The number of ether oxygens (including phenoxy) is 2. The van der Waals surface area contributed by atoms with E-state index in [1.54, 1.807) is 0 Å². The first-order valence-corrected chi connectivity index (χ1v) is 12.3. The van der Waals surface area contributed by atoms with E-state index >= 15 is 0 Å². The fourth-order valence-electron chi connectivity index (χ4n) is 4.34. The van der Waals surface area contributed by atoms with Gasteiger partial charge in [0.15, 0.2) is 0 Å². The molecule has 176 valence electrons. The van der Waals surface area contributed by atoms with Crippen molar-refractivity contribution in [1.29, 1.82) is 0 Å². The Bertz CT molecular complexity index is 1020. The van der Waals surface area contributed by atoms with Gasteiger partial charge >= 0.3 is 0 Å². The standard InChI is InChI=1S/C27H35N3O3/c1-2-21-13-15-22(16-14-21)32-20-18-30-24-10-6-5-9-23(24)29-26(30)12-4-3-7-17-28-27(31)25-11-8-19-33-25/h5-6,9-10,13-16,25H,2-4,7-8,11-12,17-20H2,1H3,(H,28,31). The van der Waals surface area contributed by atoms with Crippen molar-refractivity contribution in [3.63, 3.8) is 0 Å². The third kappa shape index (κ3) is 6.35. The summed E-state index contributed by atoms with van der Waals surface area (Å²) >= 11 is 0. The molecule has 1 aromatic heterocycles. The van der Waals surface area contributed by atoms with Gasteiger partial charge in [-0.15, -0.1) is 0 Å². The summed E-state index contributed by atoms with van der Waals surface area (Å²) in [6.45, 7) is 4.94. The van der Waals surface area contributed by atoms with Gasteiger partial charge in [-0.1, -0.05) is 37.6 Å². The Morgan fingerprint density at radius 1 is 1.15 bits per heavy atom. The number of rotatable bonds is 12. The summed E-state index contributed by atoms with van der Waals surface area (Å²) in [5.41, 5.74) is 3.50. The van der Waals surface area contributed by atoms with Crippen LogP contribution in [0, 0.1) is 0 Å². The molecular weight excluding hydrogens is 414 g/mol. The molecule has 6 nitrogen and oxygen atoms in total. The van der Waals surface area contributed by atoms with Gasteiger partial charge in [-0.3, -0.25) is 4.79 Å². The molecule has 0 spiro atoms. The summed E-state index contributed by atoms with van der Waals surface area (Å²) in [7, 11) is 0. The highest BCUT2D eigenvalue weighted by Gasteiger charge is 2.22. The van der Waals surface area contributed by atoms with Gasteiger partial charge in [0.2, 0.25) is 5.91 Å². The number of para-hydroxylation sites is 2. The number of carbonyl (C=O) groups excluding carboxylic acids is 1. The monoisotopic (exact) mass is 449 g/mol. The highest BCUT2D eigenvalue weighted by Crippen LogP contribution is 2.19. The fraction of sp³-hybridized carbons (Fsp3) is 0.481. The summed E-state index contributed by atoms with van der Waals surface area (Å²) in [4.78, 5) is 16.9. The predicted molar refractivity (Wildman–Crippen MR) is 131 cm³/mol. The lowest BCUT2D eigenvalue weighted by molar-refractivity contribution is -0.130. The van der Waals surface area contributed by atoms with E-state index in [1.807, 2.05) is 18.2 Å². The summed E-state index contributed by atoms with van der Waals surface area (Å²) in [6, 6.07) is 16.6. The molecule has 1 aliphatic heterocycles. The Labute approximate surface area is 196 Å². The molecule has 6 heteroatoms. The van der Waals surface area contributed by atoms with Crippen molar-refractivity contribution in [2.45, 2.75) is 64.5 Å². The van der Waals surface area contributed by atoms with Crippen molar-refractivity contribution >= 4 is 16.9 Å². The number of nitrogens with one attached hydrogen (secondary N) is 1. The van der Waals surface area contributed by atoms with Crippen LogP contribution in [0.5, 0.6) is 5.75 Å². The van der Waals surface area contributed by atoms with Crippen LogP contribution >= 0.6 is 0 Å². The molecule has 0 saturated carbocycles. The first kappa shape index (κ1) is 23.3. The Kier molecular flexibility index (Phi) is 8.36. The van der Waals surface area contributed by atoms with E-state index in [9.17, 15) is 4.79 Å². The van der Waals surface area contributed by atoms with Crippen molar-refractivity contribution in [2.24, 2.45) is 0 Å². The van der Waals surface area contributed by atoms with Crippen molar-refractivity contribution in [3.05, 3.63) is 59.9 Å². The molecule has 4 rings (SSSR count). The van der Waals surface area contributed by atoms with Gasteiger partial charge < -0.3 is 19.4 Å². The number of carbonyl (C=O) groups is 1. The van der Waals surface area contributed by atoms with Crippen LogP contribution in [0.15, 0.2) is 48.5 Å². The normalized spacial score (nSPS) is 15.7. The SMILES string of the molecule is CCc1ccc(OCCn2c(CCCCCNC(=O)C3CCCO3)nc3ccccc32)cc1. The van der Waals surface area contributed by atoms with Crippen LogP contribution in [0.3, 0.4) is 0 Å². The molecule has 0 radical (unpaired) electrons. The zero-order valence-electron chi connectivity index (χ0n) is 19.6. The molecule has 33 heavy (non-hydrogen) atoms. The molecule has 0 bridgehead atoms. The lowest BCUT2D eigenvalue weighted by Gasteiger charge is -2.12. The van der Waals surface area contributed by atoms with Crippen LogP contribution in [-0.2, 0) is 28.9 Å². The lowest BCUT2D eigenvalue weighted by Crippen LogP contribution is -2.34. The predicted octanol–water partition coefficient (Wildman–Crippen LogP) is 4.69. The highest BCUT2D eigenvalue weighted by atomic mass is 16.5. The molecule has 2 heterocycles. The van der Waals surface area contributed by atoms with Crippen LogP contribution in [-0.4, -0.2) is 41.3 Å². The molecule has 0 aliphatic carbocycles. The number of benzene rings is 2. The summed E-state index contributed by atoms with van der Waals surface area (Å²) < 4.78 is 13.7. The molecule has 1 N–H and O–H groups in total. The second-order valence-electron chi connectivity index (χ2n) is 8.62. The van der Waals surface area contributed by atoms with Crippen LogP contribution < -0.4 is 10.1 Å². The number of nitrogens with zero attached hydrogens (tertiary/aromatic N) is 2. The van der Waals surface area contributed by atoms with E-state index in [0.29, 0.717) is 19.8 Å². The van der Waals surface area contributed by atoms with Crippen molar-refractivity contribution in [3.8, 4) is 5.75 Å². The maximum Gasteiger partial charge on any atom is 0.249 e. The van der Waals surface area contributed by atoms with E-state index in [0.717, 1.165) is 74.1 Å². The van der Waals surface area contributed by atoms with Crippen LogP contribution in [0.1, 0.15) is 50.4 Å². The Balaban J connectivity index is 1.26. The number of imidazole rings is 1. The number of hydrogen-bond acceptors (Lipinski definition) is 4. The molecule has 1 amide bonds. The number of aryl methyl sites for hydroxylation is 2. The third-order valence-electron chi connectivity index (χ3n) is 6.25. The third-order valence-corrected chi connectivity index (χ3v) is 6.25. The van der Waals surface area contributed by atoms with E-state index < -0.39 is 0 Å². The average Bonchev–Trinajstić information content (AvgIpc) is 3.50. The number of hydrogen-bond donors (Lipinski definition) is 1. The summed E-state index contributed by atoms with van der Waals surface area (Å²) in [6.07, 6.45) is 6.59. The molecule has 1 unspecified atom stereocenters. The van der Waals surface area contributed by atoms with Gasteiger partial charge in [0.05, 0.1) is 17.6 Å². The van der Waals surface area contributed by atoms with Gasteiger partial charge in [0.1, 0.15) is 24.3 Å². The largest absolute Gasteiger partial charge is 0.492 e. The first-order chi connectivity index (χ1) is 16.2.